The van der Waals surface area contributed by atoms with Crippen LogP contribution in [0.1, 0.15) is 32.8 Å². The predicted octanol–water partition coefficient (Wildman–Crippen LogP) is 2.93. The van der Waals surface area contributed by atoms with Gasteiger partial charge in [0.05, 0.1) is 19.2 Å². The molecule has 1 amide bonds. The maximum Gasteiger partial charge on any atom is 0.253 e. The summed E-state index contributed by atoms with van der Waals surface area (Å²) in [5.74, 6) is 1.08. The molecule has 2 rings (SSSR count). The number of amides is 1. The van der Waals surface area contributed by atoms with Crippen molar-refractivity contribution in [2.24, 2.45) is 5.92 Å². The number of nitrogens with zero attached hydrogens (tertiary/aromatic N) is 1. The quantitative estimate of drug-likeness (QED) is 0.891. The first kappa shape index (κ1) is 17.1. The van der Waals surface area contributed by atoms with Gasteiger partial charge in [-0.2, -0.15) is 0 Å². The van der Waals surface area contributed by atoms with Crippen molar-refractivity contribution in [1.82, 2.24) is 9.88 Å². The van der Waals surface area contributed by atoms with E-state index in [1.807, 2.05) is 39.0 Å². The lowest BCUT2D eigenvalue weighted by atomic mass is 10.1. The summed E-state index contributed by atoms with van der Waals surface area (Å²) in [7, 11) is 1.59. The number of carbonyl (C=O) groups excluding carboxylic acids is 1. The Kier molecular flexibility index (Phi) is 5.42. The standard InChI is InChI=1S/C18H24N2O3/c1-5-20(17(21)8-12(2)3)11-14-9-13-6-7-15(23-4)10-16(13)19-18(14)22/h6-7,9-10,12H,5,8,11H2,1-4H3,(H,19,22). The lowest BCUT2D eigenvalue weighted by Crippen LogP contribution is -2.33. The summed E-state index contributed by atoms with van der Waals surface area (Å²) in [5, 5.41) is 0.924. The number of pyridine rings is 1. The second-order valence-corrected chi connectivity index (χ2v) is 6.08. The van der Waals surface area contributed by atoms with Gasteiger partial charge in [-0.1, -0.05) is 13.8 Å². The zero-order valence-electron chi connectivity index (χ0n) is 14.2. The minimum Gasteiger partial charge on any atom is -0.497 e. The number of hydrogen-bond donors (Lipinski definition) is 1. The third kappa shape index (κ3) is 4.12. The summed E-state index contributed by atoms with van der Waals surface area (Å²) in [4.78, 5) is 29.1. The topological polar surface area (TPSA) is 62.4 Å². The number of methoxy groups -OCH3 is 1. The second-order valence-electron chi connectivity index (χ2n) is 6.08. The minimum atomic E-state index is -0.165. The molecule has 0 aliphatic rings. The van der Waals surface area contributed by atoms with Crippen molar-refractivity contribution >= 4 is 16.8 Å². The van der Waals surface area contributed by atoms with Gasteiger partial charge in [0.25, 0.3) is 5.56 Å². The summed E-state index contributed by atoms with van der Waals surface area (Å²) < 4.78 is 5.17. The summed E-state index contributed by atoms with van der Waals surface area (Å²) in [6.45, 7) is 6.88. The highest BCUT2D eigenvalue weighted by atomic mass is 16.5. The van der Waals surface area contributed by atoms with E-state index < -0.39 is 0 Å². The number of fused-ring (bicyclic) bond motifs is 1. The first-order chi connectivity index (χ1) is 10.9. The van der Waals surface area contributed by atoms with E-state index in [-0.39, 0.29) is 11.5 Å². The van der Waals surface area contributed by atoms with Crippen LogP contribution in [0.15, 0.2) is 29.1 Å². The van der Waals surface area contributed by atoms with Crippen LogP contribution < -0.4 is 10.3 Å². The van der Waals surface area contributed by atoms with Gasteiger partial charge in [0.15, 0.2) is 0 Å². The lowest BCUT2D eigenvalue weighted by molar-refractivity contribution is -0.132. The van der Waals surface area contributed by atoms with Crippen LogP contribution in [0, 0.1) is 5.92 Å². The van der Waals surface area contributed by atoms with E-state index in [2.05, 4.69) is 4.98 Å². The van der Waals surface area contributed by atoms with E-state index in [9.17, 15) is 9.59 Å². The molecule has 0 bridgehead atoms. The molecule has 1 heterocycles. The number of ether oxygens (including phenoxy) is 1. The van der Waals surface area contributed by atoms with Crippen molar-refractivity contribution in [2.75, 3.05) is 13.7 Å². The highest BCUT2D eigenvalue weighted by Gasteiger charge is 2.15. The van der Waals surface area contributed by atoms with Crippen LogP contribution in [0.5, 0.6) is 5.75 Å². The summed E-state index contributed by atoms with van der Waals surface area (Å²) >= 11 is 0. The van der Waals surface area contributed by atoms with Crippen LogP contribution in [0.2, 0.25) is 0 Å². The Bertz CT molecular complexity index is 750. The zero-order valence-corrected chi connectivity index (χ0v) is 14.2. The Hall–Kier alpha value is -2.30. The number of carbonyl (C=O) groups is 1. The van der Waals surface area contributed by atoms with Crippen LogP contribution in [0.4, 0.5) is 0 Å². The van der Waals surface area contributed by atoms with Gasteiger partial charge >= 0.3 is 0 Å². The molecule has 124 valence electrons. The molecule has 1 aromatic carbocycles. The fourth-order valence-electron chi connectivity index (χ4n) is 2.53. The van der Waals surface area contributed by atoms with Gasteiger partial charge in [-0.15, -0.1) is 0 Å². The van der Waals surface area contributed by atoms with Gasteiger partial charge in [-0.25, -0.2) is 0 Å². The Morgan fingerprint density at radius 2 is 2.04 bits per heavy atom. The summed E-state index contributed by atoms with van der Waals surface area (Å²) in [5.41, 5.74) is 1.16. The van der Waals surface area contributed by atoms with Gasteiger partial charge in [-0.3, -0.25) is 9.59 Å². The average molecular weight is 316 g/mol. The molecule has 0 unspecified atom stereocenters. The molecule has 23 heavy (non-hydrogen) atoms. The van der Waals surface area contributed by atoms with Gasteiger partial charge in [0.2, 0.25) is 5.91 Å². The number of rotatable bonds is 6. The van der Waals surface area contributed by atoms with Crippen molar-refractivity contribution in [2.45, 2.75) is 33.7 Å². The van der Waals surface area contributed by atoms with Gasteiger partial charge < -0.3 is 14.6 Å². The van der Waals surface area contributed by atoms with Crippen LogP contribution in [-0.4, -0.2) is 29.4 Å². The molecule has 5 nitrogen and oxygen atoms in total. The lowest BCUT2D eigenvalue weighted by Gasteiger charge is -2.21. The highest BCUT2D eigenvalue weighted by molar-refractivity contribution is 5.81. The van der Waals surface area contributed by atoms with Crippen molar-refractivity contribution in [1.29, 1.82) is 0 Å². The zero-order chi connectivity index (χ0) is 17.0. The van der Waals surface area contributed by atoms with E-state index in [1.165, 1.54) is 0 Å². The van der Waals surface area contributed by atoms with Gasteiger partial charge in [-0.05, 0) is 36.4 Å². The van der Waals surface area contributed by atoms with Crippen LogP contribution in [-0.2, 0) is 11.3 Å². The predicted molar refractivity (Wildman–Crippen MR) is 91.7 cm³/mol. The SMILES string of the molecule is CCN(Cc1cc2ccc(OC)cc2[nH]c1=O)C(=O)CC(C)C. The third-order valence-electron chi connectivity index (χ3n) is 3.81. The van der Waals surface area contributed by atoms with E-state index in [1.54, 1.807) is 18.1 Å². The van der Waals surface area contributed by atoms with Crippen molar-refractivity contribution in [3.8, 4) is 5.75 Å². The van der Waals surface area contributed by atoms with Crippen molar-refractivity contribution < 1.29 is 9.53 Å². The smallest absolute Gasteiger partial charge is 0.253 e. The molecule has 5 heteroatoms. The molecule has 1 aromatic heterocycles. The molecule has 0 atom stereocenters. The van der Waals surface area contributed by atoms with Crippen LogP contribution in [0.3, 0.4) is 0 Å². The fourth-order valence-corrected chi connectivity index (χ4v) is 2.53. The molecular weight excluding hydrogens is 292 g/mol. The Morgan fingerprint density at radius 1 is 1.30 bits per heavy atom. The Morgan fingerprint density at radius 3 is 2.65 bits per heavy atom. The number of nitrogens with one attached hydrogen (secondary N) is 1. The Labute approximate surface area is 136 Å². The van der Waals surface area contributed by atoms with Crippen LogP contribution >= 0.6 is 0 Å². The largest absolute Gasteiger partial charge is 0.497 e. The van der Waals surface area contributed by atoms with Crippen molar-refractivity contribution in [3.63, 3.8) is 0 Å². The molecule has 0 aliphatic heterocycles. The molecular formula is C18H24N2O3. The first-order valence-electron chi connectivity index (χ1n) is 7.92. The Balaban J connectivity index is 2.30. The van der Waals surface area contributed by atoms with E-state index in [4.69, 9.17) is 4.74 Å². The molecule has 1 N–H and O–H groups in total. The third-order valence-corrected chi connectivity index (χ3v) is 3.81. The summed E-state index contributed by atoms with van der Waals surface area (Å²) in [6, 6.07) is 7.40. The normalized spacial score (nSPS) is 11.0. The molecule has 0 aliphatic carbocycles. The maximum absolute atomic E-state index is 12.3. The number of benzene rings is 1. The monoisotopic (exact) mass is 316 g/mol. The molecule has 0 spiro atoms. The molecule has 0 saturated heterocycles. The van der Waals surface area contributed by atoms with E-state index >= 15 is 0 Å². The maximum atomic E-state index is 12.3. The van der Waals surface area contributed by atoms with E-state index in [0.717, 1.165) is 10.9 Å². The van der Waals surface area contributed by atoms with E-state index in [0.29, 0.717) is 36.7 Å². The minimum absolute atomic E-state index is 0.0803. The molecule has 0 saturated carbocycles. The molecule has 0 fully saturated rings. The second kappa shape index (κ2) is 7.31. The number of aromatic amines is 1. The fraction of sp³-hybridized carbons (Fsp3) is 0.444. The van der Waals surface area contributed by atoms with Crippen LogP contribution in [0.25, 0.3) is 10.9 Å². The number of H-pyrrole nitrogens is 1. The van der Waals surface area contributed by atoms with Gasteiger partial charge in [0, 0.05) is 24.6 Å². The average Bonchev–Trinajstić information content (AvgIpc) is 2.51. The summed E-state index contributed by atoms with van der Waals surface area (Å²) in [6.07, 6.45) is 0.497. The number of aromatic nitrogens is 1. The van der Waals surface area contributed by atoms with Crippen molar-refractivity contribution in [3.05, 3.63) is 40.2 Å². The number of hydrogen-bond acceptors (Lipinski definition) is 3. The molecule has 2 aromatic rings. The highest BCUT2D eigenvalue weighted by Crippen LogP contribution is 2.19. The first-order valence-corrected chi connectivity index (χ1v) is 7.92. The molecule has 0 radical (unpaired) electrons. The van der Waals surface area contributed by atoms with Gasteiger partial charge in [0.1, 0.15) is 5.75 Å².